The van der Waals surface area contributed by atoms with Gasteiger partial charge in [-0.3, -0.25) is 13.9 Å². The Labute approximate surface area is 283 Å². The lowest BCUT2D eigenvalue weighted by Crippen LogP contribution is -2.53. The van der Waals surface area contributed by atoms with Crippen molar-refractivity contribution < 1.29 is 27.5 Å². The summed E-state index contributed by atoms with van der Waals surface area (Å²) in [5, 5.41) is 3.70. The number of hydrogen-bond acceptors (Lipinski definition) is 6. The molecule has 0 aliphatic carbocycles. The molecule has 0 saturated heterocycles. The summed E-state index contributed by atoms with van der Waals surface area (Å²) in [4.78, 5) is 29.0. The molecular formula is C33H32Cl3N3O6S. The Morgan fingerprint density at radius 1 is 0.826 bits per heavy atom. The molecule has 0 aliphatic rings. The second kappa shape index (κ2) is 15.6. The van der Waals surface area contributed by atoms with Crippen molar-refractivity contribution in [1.29, 1.82) is 0 Å². The van der Waals surface area contributed by atoms with Crippen molar-refractivity contribution in [3.63, 3.8) is 0 Å². The van der Waals surface area contributed by atoms with E-state index in [0.29, 0.717) is 21.4 Å². The van der Waals surface area contributed by atoms with E-state index in [1.807, 2.05) is 30.3 Å². The maximum Gasteiger partial charge on any atom is 0.264 e. The van der Waals surface area contributed by atoms with E-state index in [1.165, 1.54) is 74.7 Å². The first-order valence-corrected chi connectivity index (χ1v) is 16.5. The van der Waals surface area contributed by atoms with Crippen LogP contribution < -0.4 is 19.1 Å². The van der Waals surface area contributed by atoms with Crippen LogP contribution in [0.3, 0.4) is 0 Å². The zero-order valence-corrected chi connectivity index (χ0v) is 28.3. The number of halogens is 3. The molecule has 2 amide bonds. The van der Waals surface area contributed by atoms with Crippen LogP contribution in [0.2, 0.25) is 15.1 Å². The van der Waals surface area contributed by atoms with Gasteiger partial charge in [-0.15, -0.1) is 0 Å². The molecule has 1 atom stereocenters. The molecule has 0 bridgehead atoms. The molecular weight excluding hydrogens is 673 g/mol. The van der Waals surface area contributed by atoms with Crippen LogP contribution in [0, 0.1) is 0 Å². The average molecular weight is 705 g/mol. The molecule has 1 N–H and O–H groups in total. The lowest BCUT2D eigenvalue weighted by Gasteiger charge is -2.33. The molecule has 0 spiro atoms. The first kappa shape index (κ1) is 34.9. The first-order chi connectivity index (χ1) is 22.0. The van der Waals surface area contributed by atoms with Gasteiger partial charge in [0.1, 0.15) is 12.6 Å². The van der Waals surface area contributed by atoms with Gasteiger partial charge >= 0.3 is 0 Å². The summed E-state index contributed by atoms with van der Waals surface area (Å²) in [6.45, 7) is -0.767. The van der Waals surface area contributed by atoms with Gasteiger partial charge < -0.3 is 19.7 Å². The fourth-order valence-electron chi connectivity index (χ4n) is 4.79. The molecule has 4 aromatic carbocycles. The van der Waals surface area contributed by atoms with Crippen molar-refractivity contribution in [1.82, 2.24) is 10.2 Å². The predicted molar refractivity (Wildman–Crippen MR) is 181 cm³/mol. The van der Waals surface area contributed by atoms with Gasteiger partial charge in [-0.25, -0.2) is 8.42 Å². The minimum Gasteiger partial charge on any atom is -0.493 e. The molecule has 0 unspecified atom stereocenters. The number of carbonyl (C=O) groups is 2. The second-order valence-corrected chi connectivity index (χ2v) is 13.2. The highest BCUT2D eigenvalue weighted by Crippen LogP contribution is 2.33. The number of ether oxygens (including phenoxy) is 2. The van der Waals surface area contributed by atoms with Crippen molar-refractivity contribution >= 4 is 62.3 Å². The van der Waals surface area contributed by atoms with E-state index in [-0.39, 0.29) is 34.3 Å². The van der Waals surface area contributed by atoms with Crippen molar-refractivity contribution in [2.45, 2.75) is 23.9 Å². The maximum atomic E-state index is 14.4. The van der Waals surface area contributed by atoms with Crippen molar-refractivity contribution in [3.8, 4) is 11.5 Å². The van der Waals surface area contributed by atoms with Crippen LogP contribution in [0.25, 0.3) is 0 Å². The molecule has 0 radical (unpaired) electrons. The second-order valence-electron chi connectivity index (χ2n) is 10.1. The van der Waals surface area contributed by atoms with Crippen LogP contribution in [0.15, 0.2) is 95.9 Å². The Bertz CT molecular complexity index is 1790. The fourth-order valence-corrected chi connectivity index (χ4v) is 6.82. The average Bonchev–Trinajstić information content (AvgIpc) is 3.06. The Hall–Kier alpha value is -3.96. The van der Waals surface area contributed by atoms with E-state index in [0.717, 1.165) is 9.87 Å². The van der Waals surface area contributed by atoms with Gasteiger partial charge in [0, 0.05) is 41.1 Å². The summed E-state index contributed by atoms with van der Waals surface area (Å²) in [5.74, 6) is -0.582. The lowest BCUT2D eigenvalue weighted by molar-refractivity contribution is -0.139. The summed E-state index contributed by atoms with van der Waals surface area (Å²) in [5.41, 5.74) is 1.49. The Kier molecular flexibility index (Phi) is 11.8. The summed E-state index contributed by atoms with van der Waals surface area (Å²) in [7, 11) is -0.0909. The van der Waals surface area contributed by atoms with E-state index < -0.39 is 34.4 Å². The number of hydrogen-bond donors (Lipinski definition) is 1. The van der Waals surface area contributed by atoms with Gasteiger partial charge in [-0.1, -0.05) is 71.2 Å². The highest BCUT2D eigenvalue weighted by atomic mass is 35.5. The largest absolute Gasteiger partial charge is 0.493 e. The number of nitrogens with one attached hydrogen (secondary N) is 1. The molecule has 0 fully saturated rings. The van der Waals surface area contributed by atoms with Crippen LogP contribution >= 0.6 is 34.8 Å². The first-order valence-electron chi connectivity index (χ1n) is 14.0. The summed E-state index contributed by atoms with van der Waals surface area (Å²) >= 11 is 18.8. The van der Waals surface area contributed by atoms with Crippen LogP contribution in [0.5, 0.6) is 11.5 Å². The minimum atomic E-state index is -4.39. The number of sulfonamides is 1. The van der Waals surface area contributed by atoms with Gasteiger partial charge in [0.2, 0.25) is 11.8 Å². The summed E-state index contributed by atoms with van der Waals surface area (Å²) in [6.07, 6.45) is 0.154. The van der Waals surface area contributed by atoms with Crippen molar-refractivity contribution in [2.24, 2.45) is 0 Å². The molecule has 46 heavy (non-hydrogen) atoms. The monoisotopic (exact) mass is 703 g/mol. The highest BCUT2D eigenvalue weighted by Gasteiger charge is 2.35. The van der Waals surface area contributed by atoms with Crippen LogP contribution in [0.4, 0.5) is 5.69 Å². The maximum absolute atomic E-state index is 14.4. The van der Waals surface area contributed by atoms with Gasteiger partial charge in [0.15, 0.2) is 11.5 Å². The van der Waals surface area contributed by atoms with E-state index in [9.17, 15) is 18.0 Å². The Balaban J connectivity index is 1.82. The number of anilines is 1. The number of methoxy groups -OCH3 is 2. The van der Waals surface area contributed by atoms with Gasteiger partial charge in [-0.05, 0) is 59.7 Å². The molecule has 0 heterocycles. The number of benzene rings is 4. The Morgan fingerprint density at radius 2 is 1.48 bits per heavy atom. The number of nitrogens with zero attached hydrogens (tertiary/aromatic N) is 2. The number of rotatable bonds is 13. The van der Waals surface area contributed by atoms with Crippen LogP contribution in [0.1, 0.15) is 11.1 Å². The van der Waals surface area contributed by atoms with E-state index in [2.05, 4.69) is 5.32 Å². The molecule has 0 aromatic heterocycles. The van der Waals surface area contributed by atoms with Gasteiger partial charge in [-0.2, -0.15) is 0 Å². The molecule has 242 valence electrons. The quantitative estimate of drug-likeness (QED) is 0.177. The molecule has 4 rings (SSSR count). The van der Waals surface area contributed by atoms with E-state index in [1.54, 1.807) is 12.1 Å². The third kappa shape index (κ3) is 8.24. The summed E-state index contributed by atoms with van der Waals surface area (Å²) < 4.78 is 40.1. The topological polar surface area (TPSA) is 105 Å². The number of carbonyl (C=O) groups excluding carboxylic acids is 2. The van der Waals surface area contributed by atoms with Crippen molar-refractivity contribution in [2.75, 3.05) is 32.1 Å². The molecule has 4 aromatic rings. The zero-order valence-electron chi connectivity index (χ0n) is 25.2. The third-order valence-corrected chi connectivity index (χ3v) is 9.82. The Morgan fingerprint density at radius 3 is 2.09 bits per heavy atom. The lowest BCUT2D eigenvalue weighted by atomic mass is 10.0. The van der Waals surface area contributed by atoms with E-state index in [4.69, 9.17) is 44.3 Å². The minimum absolute atomic E-state index is 0.107. The van der Waals surface area contributed by atoms with E-state index >= 15 is 0 Å². The number of likely N-dealkylation sites (N-methyl/N-ethyl adjacent to an activating group) is 1. The van der Waals surface area contributed by atoms with Crippen LogP contribution in [-0.4, -0.2) is 59.0 Å². The smallest absolute Gasteiger partial charge is 0.264 e. The predicted octanol–water partition coefficient (Wildman–Crippen LogP) is 6.25. The van der Waals surface area contributed by atoms with Gasteiger partial charge in [0.05, 0.1) is 24.8 Å². The zero-order chi connectivity index (χ0) is 33.4. The standard InChI is InChI=1S/C33H32Cl3N3O6S/c1-37-33(41)29(17-22-7-5-4-6-8-22)38(20-23-9-10-25(35)18-28(23)36)32(40)21-39(26-13-11-24(34)12-14-26)46(42,43)27-15-16-30(44-2)31(19-27)45-3/h4-16,18-19,29H,17,20-21H2,1-3H3,(H,37,41)/t29-/m0/s1. The molecule has 0 saturated carbocycles. The SMILES string of the molecule is CNC(=O)[C@H](Cc1ccccc1)N(Cc1ccc(Cl)cc1Cl)C(=O)CN(c1ccc(Cl)cc1)S(=O)(=O)c1ccc(OC)c(OC)c1. The fraction of sp³-hybridized carbons (Fsp3) is 0.212. The normalized spacial score (nSPS) is 11.8. The number of amides is 2. The molecule has 0 aliphatic heterocycles. The highest BCUT2D eigenvalue weighted by molar-refractivity contribution is 7.92. The van der Waals surface area contributed by atoms with Gasteiger partial charge in [0.25, 0.3) is 10.0 Å². The molecule has 13 heteroatoms. The molecule has 9 nitrogen and oxygen atoms in total. The summed E-state index contributed by atoms with van der Waals surface area (Å²) in [6, 6.07) is 23.1. The van der Waals surface area contributed by atoms with Crippen molar-refractivity contribution in [3.05, 3.63) is 117 Å². The third-order valence-electron chi connectivity index (χ3n) is 7.21. The van der Waals surface area contributed by atoms with Crippen LogP contribution in [-0.2, 0) is 32.6 Å².